The van der Waals surface area contributed by atoms with Gasteiger partial charge in [-0.15, -0.1) is 11.3 Å². The van der Waals surface area contributed by atoms with Crippen LogP contribution in [0.4, 0.5) is 0 Å². The molecule has 1 atom stereocenters. The molecular formula is C13H22N2S. The van der Waals surface area contributed by atoms with Gasteiger partial charge in [-0.1, -0.05) is 32.1 Å². The van der Waals surface area contributed by atoms with Crippen LogP contribution in [-0.4, -0.2) is 12.0 Å². The van der Waals surface area contributed by atoms with Crippen LogP contribution in [-0.2, 0) is 0 Å². The number of nitrogens with one attached hydrogen (secondary N) is 1. The molecule has 0 radical (unpaired) electrons. The molecule has 1 aromatic rings. The second-order valence-corrected chi connectivity index (χ2v) is 6.13. The Morgan fingerprint density at radius 2 is 2.19 bits per heavy atom. The molecule has 2 rings (SSSR count). The number of aromatic nitrogens is 1. The number of hydrogen-bond acceptors (Lipinski definition) is 3. The Labute approximate surface area is 102 Å². The summed E-state index contributed by atoms with van der Waals surface area (Å²) in [5.74, 6) is 0.925. The molecule has 1 saturated carbocycles. The van der Waals surface area contributed by atoms with Gasteiger partial charge in [-0.3, -0.25) is 0 Å². The Hall–Kier alpha value is -0.410. The lowest BCUT2D eigenvalue weighted by Crippen LogP contribution is -2.20. The highest BCUT2D eigenvalue weighted by Gasteiger charge is 2.20. The van der Waals surface area contributed by atoms with Crippen LogP contribution in [0.5, 0.6) is 0 Å². The zero-order chi connectivity index (χ0) is 11.4. The van der Waals surface area contributed by atoms with Crippen molar-refractivity contribution in [2.45, 2.75) is 51.5 Å². The van der Waals surface area contributed by atoms with Gasteiger partial charge in [0.1, 0.15) is 0 Å². The van der Waals surface area contributed by atoms with E-state index in [-0.39, 0.29) is 0 Å². The van der Waals surface area contributed by atoms with Crippen LogP contribution < -0.4 is 5.32 Å². The maximum absolute atomic E-state index is 4.36. The maximum Gasteiger partial charge on any atom is 0.0897 e. The van der Waals surface area contributed by atoms with Gasteiger partial charge in [0, 0.05) is 17.1 Å². The summed E-state index contributed by atoms with van der Waals surface area (Å²) >= 11 is 1.84. The van der Waals surface area contributed by atoms with Gasteiger partial charge in [-0.2, -0.15) is 0 Å². The highest BCUT2D eigenvalue weighted by Crippen LogP contribution is 2.33. The van der Waals surface area contributed by atoms with E-state index >= 15 is 0 Å². The fourth-order valence-corrected chi connectivity index (χ4v) is 3.58. The molecule has 0 aromatic carbocycles. The molecule has 0 aliphatic heterocycles. The number of aryl methyl sites for hydroxylation is 1. The topological polar surface area (TPSA) is 24.9 Å². The van der Waals surface area contributed by atoms with Gasteiger partial charge in [0.2, 0.25) is 0 Å². The average Bonchev–Trinajstić information content (AvgIpc) is 2.74. The van der Waals surface area contributed by atoms with Crippen LogP contribution in [0.2, 0.25) is 0 Å². The van der Waals surface area contributed by atoms with Crippen LogP contribution in [0.3, 0.4) is 0 Å². The minimum atomic E-state index is 0.522. The van der Waals surface area contributed by atoms with Gasteiger partial charge in [-0.25, -0.2) is 4.98 Å². The zero-order valence-corrected chi connectivity index (χ0v) is 11.1. The Morgan fingerprint density at radius 3 is 2.75 bits per heavy atom. The van der Waals surface area contributed by atoms with E-state index in [9.17, 15) is 0 Å². The van der Waals surface area contributed by atoms with E-state index in [1.807, 2.05) is 17.5 Å². The molecule has 1 aliphatic carbocycles. The van der Waals surface area contributed by atoms with Gasteiger partial charge in [0.25, 0.3) is 0 Å². The molecule has 16 heavy (non-hydrogen) atoms. The van der Waals surface area contributed by atoms with Gasteiger partial charge in [0.15, 0.2) is 0 Å². The fourth-order valence-electron chi connectivity index (χ4n) is 2.67. The van der Waals surface area contributed by atoms with Crippen molar-refractivity contribution in [2.75, 3.05) is 7.05 Å². The SMILES string of the molecule is CNC(CC1CCCCC1)c1cnc(C)s1. The van der Waals surface area contributed by atoms with Crippen LogP contribution in [0.15, 0.2) is 6.20 Å². The normalized spacial score (nSPS) is 19.9. The van der Waals surface area contributed by atoms with Crippen molar-refractivity contribution in [1.29, 1.82) is 0 Å². The fraction of sp³-hybridized carbons (Fsp3) is 0.769. The molecule has 1 aromatic heterocycles. The van der Waals surface area contributed by atoms with E-state index in [4.69, 9.17) is 0 Å². The van der Waals surface area contributed by atoms with E-state index in [0.29, 0.717) is 6.04 Å². The third-order valence-corrected chi connectivity index (χ3v) is 4.65. The summed E-state index contributed by atoms with van der Waals surface area (Å²) < 4.78 is 0. The summed E-state index contributed by atoms with van der Waals surface area (Å²) in [7, 11) is 2.07. The molecule has 0 bridgehead atoms. The third-order valence-electron chi connectivity index (χ3n) is 3.62. The second-order valence-electron chi connectivity index (χ2n) is 4.86. The summed E-state index contributed by atoms with van der Waals surface area (Å²) in [6, 6.07) is 0.522. The standard InChI is InChI=1S/C13H22N2S/c1-10-15-9-13(16-10)12(14-2)8-11-6-4-3-5-7-11/h9,11-12,14H,3-8H2,1-2H3. The number of hydrogen-bond donors (Lipinski definition) is 1. The van der Waals surface area contributed by atoms with Crippen molar-refractivity contribution in [3.05, 3.63) is 16.1 Å². The quantitative estimate of drug-likeness (QED) is 0.865. The largest absolute Gasteiger partial charge is 0.312 e. The molecule has 1 N–H and O–H groups in total. The molecule has 3 heteroatoms. The molecule has 1 fully saturated rings. The smallest absolute Gasteiger partial charge is 0.0897 e. The predicted molar refractivity (Wildman–Crippen MR) is 69.8 cm³/mol. The first-order valence-corrected chi connectivity index (χ1v) is 7.21. The number of rotatable bonds is 4. The summed E-state index contributed by atoms with van der Waals surface area (Å²) in [5, 5.41) is 4.63. The van der Waals surface area contributed by atoms with E-state index < -0.39 is 0 Å². The molecule has 1 unspecified atom stereocenters. The first-order chi connectivity index (χ1) is 7.79. The third kappa shape index (κ3) is 3.05. The monoisotopic (exact) mass is 238 g/mol. The van der Waals surface area contributed by atoms with E-state index in [2.05, 4.69) is 24.3 Å². The Bertz CT molecular complexity index is 315. The molecule has 0 spiro atoms. The van der Waals surface area contributed by atoms with E-state index in [1.165, 1.54) is 48.4 Å². The van der Waals surface area contributed by atoms with Crippen molar-refractivity contribution in [3.63, 3.8) is 0 Å². The van der Waals surface area contributed by atoms with Crippen molar-refractivity contribution < 1.29 is 0 Å². The van der Waals surface area contributed by atoms with Crippen molar-refractivity contribution in [2.24, 2.45) is 5.92 Å². The lowest BCUT2D eigenvalue weighted by atomic mass is 9.84. The summed E-state index contributed by atoms with van der Waals surface area (Å²) in [6.07, 6.45) is 10.5. The Kier molecular flexibility index (Phi) is 4.36. The van der Waals surface area contributed by atoms with Gasteiger partial charge in [0.05, 0.1) is 5.01 Å². The average molecular weight is 238 g/mol. The van der Waals surface area contributed by atoms with Gasteiger partial charge in [-0.05, 0) is 26.3 Å². The minimum Gasteiger partial charge on any atom is -0.312 e. The molecule has 0 amide bonds. The lowest BCUT2D eigenvalue weighted by Gasteiger charge is -2.25. The van der Waals surface area contributed by atoms with Crippen LogP contribution in [0.1, 0.15) is 54.5 Å². The first-order valence-electron chi connectivity index (χ1n) is 6.39. The molecular weight excluding hydrogens is 216 g/mol. The van der Waals surface area contributed by atoms with Crippen LogP contribution in [0, 0.1) is 12.8 Å². The molecule has 0 saturated heterocycles. The Balaban J connectivity index is 1.94. The van der Waals surface area contributed by atoms with Crippen LogP contribution in [0.25, 0.3) is 0 Å². The van der Waals surface area contributed by atoms with Gasteiger partial charge >= 0.3 is 0 Å². The van der Waals surface area contributed by atoms with Crippen molar-refractivity contribution in [1.82, 2.24) is 10.3 Å². The minimum absolute atomic E-state index is 0.522. The lowest BCUT2D eigenvalue weighted by molar-refractivity contribution is 0.307. The highest BCUT2D eigenvalue weighted by molar-refractivity contribution is 7.11. The maximum atomic E-state index is 4.36. The summed E-state index contributed by atoms with van der Waals surface area (Å²) in [6.45, 7) is 2.08. The van der Waals surface area contributed by atoms with Crippen molar-refractivity contribution in [3.8, 4) is 0 Å². The highest BCUT2D eigenvalue weighted by atomic mass is 32.1. The molecule has 90 valence electrons. The Morgan fingerprint density at radius 1 is 1.44 bits per heavy atom. The number of nitrogens with zero attached hydrogens (tertiary/aromatic N) is 1. The van der Waals surface area contributed by atoms with Crippen molar-refractivity contribution >= 4 is 11.3 Å². The first kappa shape index (κ1) is 12.1. The second kappa shape index (κ2) is 5.78. The zero-order valence-electron chi connectivity index (χ0n) is 10.3. The molecule has 1 heterocycles. The molecule has 1 aliphatic rings. The predicted octanol–water partition coefficient (Wildman–Crippen LogP) is 3.68. The summed E-state index contributed by atoms with van der Waals surface area (Å²) in [4.78, 5) is 5.77. The van der Waals surface area contributed by atoms with Crippen LogP contribution >= 0.6 is 11.3 Å². The van der Waals surface area contributed by atoms with E-state index in [0.717, 1.165) is 5.92 Å². The molecule has 2 nitrogen and oxygen atoms in total. The van der Waals surface area contributed by atoms with Gasteiger partial charge < -0.3 is 5.32 Å². The summed E-state index contributed by atoms with van der Waals surface area (Å²) in [5.41, 5.74) is 0. The van der Waals surface area contributed by atoms with E-state index in [1.54, 1.807) is 0 Å². The number of thiazole rings is 1.